The van der Waals surface area contributed by atoms with Crippen LogP contribution in [0.3, 0.4) is 0 Å². The smallest absolute Gasteiger partial charge is 0.0347 e. The van der Waals surface area contributed by atoms with Crippen molar-refractivity contribution in [2.45, 2.75) is 18.4 Å². The summed E-state index contributed by atoms with van der Waals surface area (Å²) in [6.07, 6.45) is 5.85. The molecule has 1 aliphatic rings. The Morgan fingerprint density at radius 3 is 2.30 bits per heavy atom. The number of likely N-dealkylation sites (N-methyl/N-ethyl adjacent to an activating group) is 1. The first-order valence-corrected chi connectivity index (χ1v) is 7.33. The van der Waals surface area contributed by atoms with E-state index in [4.69, 9.17) is 0 Å². The summed E-state index contributed by atoms with van der Waals surface area (Å²) in [4.78, 5) is 2.46. The molecule has 102 valence electrons. The molecule has 0 radical (unpaired) electrons. The van der Waals surface area contributed by atoms with Gasteiger partial charge in [0.15, 0.2) is 0 Å². The Hall–Kier alpha value is -1.86. The average Bonchev–Trinajstić information content (AvgIpc) is 2.88. The molecule has 2 aromatic rings. The van der Waals surface area contributed by atoms with Crippen LogP contribution >= 0.6 is 0 Å². The quantitative estimate of drug-likeness (QED) is 0.802. The summed E-state index contributed by atoms with van der Waals surface area (Å²) < 4.78 is 0. The largest absolute Gasteiger partial charge is 0.299 e. The van der Waals surface area contributed by atoms with Crippen LogP contribution < -0.4 is 0 Å². The summed E-state index contributed by atoms with van der Waals surface area (Å²) in [5.74, 6) is 0.612. The Kier molecular flexibility index (Phi) is 3.98. The molecule has 1 aliphatic heterocycles. The van der Waals surface area contributed by atoms with Gasteiger partial charge in [-0.15, -0.1) is 0 Å². The topological polar surface area (TPSA) is 3.24 Å². The van der Waals surface area contributed by atoms with Gasteiger partial charge in [0.25, 0.3) is 0 Å². The van der Waals surface area contributed by atoms with Crippen molar-refractivity contribution < 1.29 is 0 Å². The van der Waals surface area contributed by atoms with Crippen LogP contribution in [0.4, 0.5) is 0 Å². The minimum atomic E-state index is 0.498. The second kappa shape index (κ2) is 6.06. The minimum absolute atomic E-state index is 0.498. The summed E-state index contributed by atoms with van der Waals surface area (Å²) in [6, 6.07) is 21.9. The molecule has 0 aromatic heterocycles. The summed E-state index contributed by atoms with van der Waals surface area (Å²) in [6.45, 7) is 1.17. The third-order valence-corrected chi connectivity index (χ3v) is 4.23. The van der Waals surface area contributed by atoms with Crippen LogP contribution in [0.2, 0.25) is 0 Å². The van der Waals surface area contributed by atoms with E-state index < -0.39 is 0 Å². The van der Waals surface area contributed by atoms with Gasteiger partial charge in [-0.05, 0) is 31.1 Å². The highest BCUT2D eigenvalue weighted by atomic mass is 15.1. The van der Waals surface area contributed by atoms with Gasteiger partial charge in [0.2, 0.25) is 0 Å². The molecule has 0 unspecified atom stereocenters. The highest BCUT2D eigenvalue weighted by molar-refractivity contribution is 5.50. The van der Waals surface area contributed by atoms with E-state index in [1.54, 1.807) is 0 Å². The van der Waals surface area contributed by atoms with Gasteiger partial charge in [-0.2, -0.15) is 0 Å². The molecule has 1 heterocycles. The van der Waals surface area contributed by atoms with E-state index >= 15 is 0 Å². The van der Waals surface area contributed by atoms with Crippen molar-refractivity contribution in [2.75, 3.05) is 13.6 Å². The average molecular weight is 263 g/mol. The fourth-order valence-corrected chi connectivity index (χ4v) is 3.09. The highest BCUT2D eigenvalue weighted by Crippen LogP contribution is 2.33. The van der Waals surface area contributed by atoms with Gasteiger partial charge < -0.3 is 0 Å². The molecule has 0 bridgehead atoms. The lowest BCUT2D eigenvalue weighted by molar-refractivity contribution is 0.347. The van der Waals surface area contributed by atoms with Crippen molar-refractivity contribution in [2.24, 2.45) is 0 Å². The Balaban J connectivity index is 1.81. The van der Waals surface area contributed by atoms with Crippen molar-refractivity contribution in [3.63, 3.8) is 0 Å². The SMILES string of the molecule is CN1CC[C@H](c2ccccc2)[C@H]1C=Cc1ccccc1. The van der Waals surface area contributed by atoms with E-state index in [9.17, 15) is 0 Å². The number of benzene rings is 2. The lowest BCUT2D eigenvalue weighted by Crippen LogP contribution is -2.26. The summed E-state index contributed by atoms with van der Waals surface area (Å²) >= 11 is 0. The van der Waals surface area contributed by atoms with Crippen molar-refractivity contribution >= 4 is 6.08 Å². The molecule has 1 saturated heterocycles. The van der Waals surface area contributed by atoms with Crippen LogP contribution in [-0.2, 0) is 0 Å². The maximum atomic E-state index is 2.46. The van der Waals surface area contributed by atoms with Crippen LogP contribution in [-0.4, -0.2) is 24.5 Å². The zero-order valence-electron chi connectivity index (χ0n) is 11.9. The zero-order valence-corrected chi connectivity index (χ0v) is 11.9. The van der Waals surface area contributed by atoms with Gasteiger partial charge in [0, 0.05) is 12.0 Å². The lowest BCUT2D eigenvalue weighted by atomic mass is 9.91. The maximum absolute atomic E-state index is 2.46. The van der Waals surface area contributed by atoms with Gasteiger partial charge in [0.1, 0.15) is 0 Å². The third-order valence-electron chi connectivity index (χ3n) is 4.23. The number of likely N-dealkylation sites (tertiary alicyclic amines) is 1. The number of nitrogens with zero attached hydrogens (tertiary/aromatic N) is 1. The van der Waals surface area contributed by atoms with Crippen molar-refractivity contribution in [3.05, 3.63) is 77.9 Å². The van der Waals surface area contributed by atoms with E-state index in [0.29, 0.717) is 12.0 Å². The van der Waals surface area contributed by atoms with E-state index in [1.165, 1.54) is 24.1 Å². The molecule has 0 saturated carbocycles. The molecule has 1 nitrogen and oxygen atoms in total. The predicted molar refractivity (Wildman–Crippen MR) is 85.7 cm³/mol. The second-order valence-electron chi connectivity index (χ2n) is 5.55. The second-order valence-corrected chi connectivity index (χ2v) is 5.55. The molecule has 2 atom stereocenters. The molecule has 0 N–H and O–H groups in total. The summed E-state index contributed by atoms with van der Waals surface area (Å²) in [5, 5.41) is 0. The summed E-state index contributed by atoms with van der Waals surface area (Å²) in [5.41, 5.74) is 2.74. The molecule has 2 aromatic carbocycles. The van der Waals surface area contributed by atoms with Crippen molar-refractivity contribution in [3.8, 4) is 0 Å². The van der Waals surface area contributed by atoms with Crippen LogP contribution in [0.25, 0.3) is 6.08 Å². The number of rotatable bonds is 3. The molecule has 20 heavy (non-hydrogen) atoms. The first-order chi connectivity index (χ1) is 9.84. The van der Waals surface area contributed by atoms with E-state index in [-0.39, 0.29) is 0 Å². The minimum Gasteiger partial charge on any atom is -0.299 e. The van der Waals surface area contributed by atoms with Crippen molar-refractivity contribution in [1.29, 1.82) is 0 Å². The van der Waals surface area contributed by atoms with Crippen LogP contribution in [0.1, 0.15) is 23.5 Å². The fourth-order valence-electron chi connectivity index (χ4n) is 3.09. The standard InChI is InChI=1S/C19H21N/c1-20-15-14-18(17-10-6-3-7-11-17)19(20)13-12-16-8-4-2-5-9-16/h2-13,18-19H,14-15H2,1H3/t18-,19-/m1/s1. The number of hydrogen-bond donors (Lipinski definition) is 0. The predicted octanol–water partition coefficient (Wildman–Crippen LogP) is 4.19. The summed E-state index contributed by atoms with van der Waals surface area (Å²) in [7, 11) is 2.23. The number of hydrogen-bond acceptors (Lipinski definition) is 1. The maximum Gasteiger partial charge on any atom is 0.0347 e. The molecule has 3 rings (SSSR count). The molecule has 0 aliphatic carbocycles. The van der Waals surface area contributed by atoms with E-state index in [1.807, 2.05) is 0 Å². The van der Waals surface area contributed by atoms with Gasteiger partial charge in [-0.25, -0.2) is 0 Å². The monoisotopic (exact) mass is 263 g/mol. The molecule has 1 heteroatoms. The molecular weight excluding hydrogens is 242 g/mol. The van der Waals surface area contributed by atoms with E-state index in [0.717, 1.165) is 0 Å². The van der Waals surface area contributed by atoms with Crippen LogP contribution in [0.15, 0.2) is 66.7 Å². The Morgan fingerprint density at radius 2 is 1.60 bits per heavy atom. The van der Waals surface area contributed by atoms with Gasteiger partial charge in [0.05, 0.1) is 0 Å². The van der Waals surface area contributed by atoms with E-state index in [2.05, 4.69) is 84.8 Å². The Bertz CT molecular complexity index is 559. The highest BCUT2D eigenvalue weighted by Gasteiger charge is 2.30. The zero-order chi connectivity index (χ0) is 13.8. The Morgan fingerprint density at radius 1 is 0.950 bits per heavy atom. The third kappa shape index (κ3) is 2.83. The van der Waals surface area contributed by atoms with Crippen LogP contribution in [0, 0.1) is 0 Å². The van der Waals surface area contributed by atoms with Gasteiger partial charge in [-0.3, -0.25) is 4.90 Å². The first-order valence-electron chi connectivity index (χ1n) is 7.33. The van der Waals surface area contributed by atoms with Crippen molar-refractivity contribution in [1.82, 2.24) is 4.90 Å². The first kappa shape index (κ1) is 13.1. The lowest BCUT2D eigenvalue weighted by Gasteiger charge is -2.22. The molecule has 0 spiro atoms. The molecule has 1 fully saturated rings. The van der Waals surface area contributed by atoms with Gasteiger partial charge in [-0.1, -0.05) is 72.8 Å². The molecular formula is C19H21N. The van der Waals surface area contributed by atoms with Crippen LogP contribution in [0.5, 0.6) is 0 Å². The fraction of sp³-hybridized carbons (Fsp3) is 0.263. The van der Waals surface area contributed by atoms with Gasteiger partial charge >= 0.3 is 0 Å². The normalized spacial score (nSPS) is 23.4. The Labute approximate surface area is 121 Å². The molecule has 0 amide bonds.